The van der Waals surface area contributed by atoms with Crippen LogP contribution >= 0.6 is 0 Å². The first-order chi connectivity index (χ1) is 9.58. The standard InChI is InChI=1S/C14H16N4O2/c1-9-12(10(2)18-17-9)13(15)16-14(19)20-8-11-6-4-3-5-7-11/h3-7H,8H2,1-2H3,(H,17,18)(H2,15,16,19). The summed E-state index contributed by atoms with van der Waals surface area (Å²) in [4.78, 5) is 11.6. The lowest BCUT2D eigenvalue weighted by Gasteiger charge is -2.08. The molecule has 1 heterocycles. The molecule has 1 aromatic heterocycles. The Labute approximate surface area is 116 Å². The van der Waals surface area contributed by atoms with Crippen LogP contribution in [0.25, 0.3) is 0 Å². The van der Waals surface area contributed by atoms with Crippen molar-refractivity contribution in [2.24, 2.45) is 0 Å². The zero-order chi connectivity index (χ0) is 14.5. The van der Waals surface area contributed by atoms with Crippen molar-refractivity contribution in [3.63, 3.8) is 0 Å². The number of carbonyl (C=O) groups is 1. The monoisotopic (exact) mass is 272 g/mol. The van der Waals surface area contributed by atoms with Gasteiger partial charge in [0.05, 0.1) is 11.3 Å². The van der Waals surface area contributed by atoms with Gasteiger partial charge in [-0.05, 0) is 19.4 Å². The quantitative estimate of drug-likeness (QED) is 0.591. The molecule has 0 fully saturated rings. The van der Waals surface area contributed by atoms with Crippen LogP contribution in [-0.2, 0) is 11.3 Å². The van der Waals surface area contributed by atoms with Gasteiger partial charge in [-0.25, -0.2) is 4.79 Å². The van der Waals surface area contributed by atoms with Crippen molar-refractivity contribution in [2.45, 2.75) is 20.5 Å². The zero-order valence-electron chi connectivity index (χ0n) is 11.4. The van der Waals surface area contributed by atoms with Crippen molar-refractivity contribution in [1.29, 1.82) is 5.41 Å². The van der Waals surface area contributed by atoms with Gasteiger partial charge in [-0.1, -0.05) is 30.3 Å². The molecule has 3 N–H and O–H groups in total. The van der Waals surface area contributed by atoms with Crippen molar-refractivity contribution < 1.29 is 9.53 Å². The Morgan fingerprint density at radius 1 is 1.35 bits per heavy atom. The lowest BCUT2D eigenvalue weighted by molar-refractivity contribution is 0.145. The molecule has 1 amide bonds. The number of aromatic nitrogens is 2. The molecule has 0 aliphatic carbocycles. The summed E-state index contributed by atoms with van der Waals surface area (Å²) in [6.45, 7) is 3.73. The smallest absolute Gasteiger partial charge is 0.413 e. The highest BCUT2D eigenvalue weighted by atomic mass is 16.5. The van der Waals surface area contributed by atoms with E-state index in [1.807, 2.05) is 30.3 Å². The fraction of sp³-hybridized carbons (Fsp3) is 0.214. The molecule has 0 saturated heterocycles. The molecule has 2 aromatic rings. The summed E-state index contributed by atoms with van der Waals surface area (Å²) >= 11 is 0. The van der Waals surface area contributed by atoms with Crippen LogP contribution in [-0.4, -0.2) is 22.1 Å². The normalized spacial score (nSPS) is 10.1. The van der Waals surface area contributed by atoms with Gasteiger partial charge in [0.1, 0.15) is 12.4 Å². The molecule has 0 radical (unpaired) electrons. The van der Waals surface area contributed by atoms with Crippen LogP contribution in [0.15, 0.2) is 30.3 Å². The van der Waals surface area contributed by atoms with E-state index >= 15 is 0 Å². The van der Waals surface area contributed by atoms with E-state index in [-0.39, 0.29) is 12.4 Å². The van der Waals surface area contributed by atoms with Gasteiger partial charge < -0.3 is 4.74 Å². The highest BCUT2D eigenvalue weighted by Crippen LogP contribution is 2.09. The molecule has 0 aliphatic heterocycles. The summed E-state index contributed by atoms with van der Waals surface area (Å²) in [5, 5.41) is 17.0. The van der Waals surface area contributed by atoms with E-state index in [2.05, 4.69) is 15.5 Å². The fourth-order valence-corrected chi connectivity index (χ4v) is 1.84. The number of alkyl carbamates (subject to hydrolysis) is 1. The molecule has 104 valence electrons. The van der Waals surface area contributed by atoms with E-state index < -0.39 is 6.09 Å². The molecule has 6 nitrogen and oxygen atoms in total. The Hall–Kier alpha value is -2.63. The molecule has 0 aliphatic rings. The summed E-state index contributed by atoms with van der Waals surface area (Å²) in [5.74, 6) is -0.0215. The van der Waals surface area contributed by atoms with Crippen molar-refractivity contribution in [2.75, 3.05) is 0 Å². The number of ether oxygens (including phenoxy) is 1. The van der Waals surface area contributed by atoms with Crippen LogP contribution in [0, 0.1) is 19.3 Å². The average Bonchev–Trinajstić information content (AvgIpc) is 2.77. The number of carbonyl (C=O) groups excluding carboxylic acids is 1. The number of benzene rings is 1. The molecule has 0 unspecified atom stereocenters. The Morgan fingerprint density at radius 2 is 2.05 bits per heavy atom. The van der Waals surface area contributed by atoms with Gasteiger partial charge in [-0.3, -0.25) is 15.8 Å². The number of nitrogens with zero attached hydrogens (tertiary/aromatic N) is 1. The first-order valence-corrected chi connectivity index (χ1v) is 6.16. The average molecular weight is 272 g/mol. The maximum atomic E-state index is 11.6. The summed E-state index contributed by atoms with van der Waals surface area (Å²) in [5.41, 5.74) is 2.87. The van der Waals surface area contributed by atoms with Crippen LogP contribution in [0.3, 0.4) is 0 Å². The first-order valence-electron chi connectivity index (χ1n) is 6.16. The van der Waals surface area contributed by atoms with Crippen LogP contribution in [0.2, 0.25) is 0 Å². The lowest BCUT2D eigenvalue weighted by atomic mass is 10.2. The van der Waals surface area contributed by atoms with Gasteiger partial charge in [0.25, 0.3) is 0 Å². The highest BCUT2D eigenvalue weighted by Gasteiger charge is 2.14. The maximum absolute atomic E-state index is 11.6. The van der Waals surface area contributed by atoms with Crippen molar-refractivity contribution in [3.8, 4) is 0 Å². The minimum atomic E-state index is -0.654. The number of nitrogens with one attached hydrogen (secondary N) is 3. The second-order valence-electron chi connectivity index (χ2n) is 4.37. The SMILES string of the molecule is Cc1n[nH]c(C)c1C(=N)NC(=O)OCc1ccccc1. The minimum absolute atomic E-state index is 0.0215. The number of hydrogen-bond acceptors (Lipinski definition) is 4. The second-order valence-corrected chi connectivity index (χ2v) is 4.37. The summed E-state index contributed by atoms with van der Waals surface area (Å²) in [6, 6.07) is 9.36. The Balaban J connectivity index is 1.90. The number of amides is 1. The van der Waals surface area contributed by atoms with Crippen LogP contribution < -0.4 is 5.32 Å². The van der Waals surface area contributed by atoms with E-state index in [1.165, 1.54) is 0 Å². The Kier molecular flexibility index (Phi) is 4.14. The Morgan fingerprint density at radius 3 is 2.65 bits per heavy atom. The molecular formula is C14H16N4O2. The molecule has 0 saturated carbocycles. The predicted octanol–water partition coefficient (Wildman–Crippen LogP) is 2.28. The number of hydrogen-bond donors (Lipinski definition) is 3. The molecule has 0 spiro atoms. The molecule has 6 heteroatoms. The van der Waals surface area contributed by atoms with Gasteiger partial charge in [-0.15, -0.1) is 0 Å². The van der Waals surface area contributed by atoms with E-state index in [9.17, 15) is 4.79 Å². The third kappa shape index (κ3) is 3.23. The molecular weight excluding hydrogens is 256 g/mol. The fourth-order valence-electron chi connectivity index (χ4n) is 1.84. The van der Waals surface area contributed by atoms with Crippen molar-refractivity contribution >= 4 is 11.9 Å². The van der Waals surface area contributed by atoms with E-state index in [0.717, 1.165) is 11.3 Å². The topological polar surface area (TPSA) is 90.9 Å². The number of rotatable bonds is 3. The van der Waals surface area contributed by atoms with Gasteiger partial charge in [0.2, 0.25) is 0 Å². The maximum Gasteiger partial charge on any atom is 0.413 e. The molecule has 20 heavy (non-hydrogen) atoms. The zero-order valence-corrected chi connectivity index (χ0v) is 11.4. The number of aryl methyl sites for hydroxylation is 2. The van der Waals surface area contributed by atoms with Gasteiger partial charge in [-0.2, -0.15) is 5.10 Å². The molecule has 0 bridgehead atoms. The number of aromatic amines is 1. The molecule has 1 aromatic carbocycles. The van der Waals surface area contributed by atoms with Crippen LogP contribution in [0.4, 0.5) is 4.79 Å². The summed E-state index contributed by atoms with van der Waals surface area (Å²) in [7, 11) is 0. The molecule has 0 atom stereocenters. The Bertz CT molecular complexity index is 600. The highest BCUT2D eigenvalue weighted by molar-refractivity contribution is 6.05. The third-order valence-electron chi connectivity index (χ3n) is 2.82. The summed E-state index contributed by atoms with van der Waals surface area (Å²) in [6.07, 6.45) is -0.654. The van der Waals surface area contributed by atoms with Crippen molar-refractivity contribution in [3.05, 3.63) is 52.8 Å². The second kappa shape index (κ2) is 6.01. The van der Waals surface area contributed by atoms with Crippen molar-refractivity contribution in [1.82, 2.24) is 15.5 Å². The minimum Gasteiger partial charge on any atom is -0.444 e. The third-order valence-corrected chi connectivity index (χ3v) is 2.82. The number of amidine groups is 1. The lowest BCUT2D eigenvalue weighted by Crippen LogP contribution is -2.31. The predicted molar refractivity (Wildman–Crippen MR) is 74.7 cm³/mol. The first kappa shape index (κ1) is 13.8. The largest absolute Gasteiger partial charge is 0.444 e. The van der Waals surface area contributed by atoms with Crippen LogP contribution in [0.1, 0.15) is 22.5 Å². The van der Waals surface area contributed by atoms with Gasteiger partial charge in [0.15, 0.2) is 0 Å². The van der Waals surface area contributed by atoms with Gasteiger partial charge in [0, 0.05) is 5.69 Å². The number of H-pyrrole nitrogens is 1. The van der Waals surface area contributed by atoms with Crippen LogP contribution in [0.5, 0.6) is 0 Å². The van der Waals surface area contributed by atoms with E-state index in [4.69, 9.17) is 10.1 Å². The summed E-state index contributed by atoms with van der Waals surface area (Å²) < 4.78 is 5.06. The van der Waals surface area contributed by atoms with Gasteiger partial charge >= 0.3 is 6.09 Å². The van der Waals surface area contributed by atoms with E-state index in [0.29, 0.717) is 11.3 Å². The van der Waals surface area contributed by atoms with E-state index in [1.54, 1.807) is 13.8 Å². The molecule has 2 rings (SSSR count).